The first-order valence-corrected chi connectivity index (χ1v) is 5.12. The van der Waals surface area contributed by atoms with Gasteiger partial charge in [0.05, 0.1) is 7.11 Å². The average molecular weight is 222 g/mol. The lowest BCUT2D eigenvalue weighted by molar-refractivity contribution is -0.270. The van der Waals surface area contributed by atoms with Crippen molar-refractivity contribution in [1.29, 1.82) is 0 Å². The van der Waals surface area contributed by atoms with Crippen molar-refractivity contribution in [3.63, 3.8) is 0 Å². The summed E-state index contributed by atoms with van der Waals surface area (Å²) in [4.78, 5) is 4.15. The van der Waals surface area contributed by atoms with Crippen LogP contribution in [-0.4, -0.2) is 33.6 Å². The quantitative estimate of drug-likeness (QED) is 0.537. The fourth-order valence-corrected chi connectivity index (χ4v) is 1.26. The average Bonchev–Trinajstić information content (AvgIpc) is 2.31. The molecule has 88 valence electrons. The molecule has 0 saturated heterocycles. The molecule has 1 rings (SSSR count). The van der Waals surface area contributed by atoms with Gasteiger partial charge in [0.1, 0.15) is 5.75 Å². The van der Waals surface area contributed by atoms with Gasteiger partial charge >= 0.3 is 0 Å². The van der Waals surface area contributed by atoms with Gasteiger partial charge in [-0.1, -0.05) is 17.9 Å². The second-order valence-electron chi connectivity index (χ2n) is 3.26. The Morgan fingerprint density at radius 2 is 2.19 bits per heavy atom. The Bertz CT molecular complexity index is 350. The maximum absolute atomic E-state index is 11.7. The van der Waals surface area contributed by atoms with E-state index in [0.717, 1.165) is 6.42 Å². The normalized spacial score (nSPS) is 10.9. The van der Waals surface area contributed by atoms with Crippen molar-refractivity contribution in [1.82, 2.24) is 0 Å². The summed E-state index contributed by atoms with van der Waals surface area (Å²) in [5, 5.41) is 11.7. The number of benzene rings is 1. The zero-order chi connectivity index (χ0) is 11.8. The number of hydrogen-bond donors (Lipinski definition) is 0. The van der Waals surface area contributed by atoms with Crippen LogP contribution in [0.3, 0.4) is 0 Å². The summed E-state index contributed by atoms with van der Waals surface area (Å²) < 4.78 is 9.84. The number of ether oxygens (including phenoxy) is 2. The van der Waals surface area contributed by atoms with Crippen molar-refractivity contribution < 1.29 is 14.6 Å². The van der Waals surface area contributed by atoms with Gasteiger partial charge in [0.2, 0.25) is 0 Å². The number of para-hydroxylation sites is 1. The van der Waals surface area contributed by atoms with Crippen LogP contribution in [0.4, 0.5) is 0 Å². The Balaban J connectivity index is 2.59. The zero-order valence-electron chi connectivity index (χ0n) is 9.60. The van der Waals surface area contributed by atoms with Crippen LogP contribution < -0.4 is 9.84 Å². The van der Waals surface area contributed by atoms with Crippen LogP contribution in [0, 0.1) is 0 Å². The minimum Gasteiger partial charge on any atom is -0.870 e. The lowest BCUT2D eigenvalue weighted by Crippen LogP contribution is -2.00. The standard InChI is InChI=1S/C12H17NO3/c1-15-8-4-7-13-9-10-5-3-6-11(16-2)12(10)14/h3,5-6,9,14H,4,7-8H2,1-2H3/p-1. The SMILES string of the molecule is COCCCN=Cc1cccc(OC)c1[O-]. The third kappa shape index (κ3) is 3.55. The Morgan fingerprint density at radius 1 is 1.38 bits per heavy atom. The van der Waals surface area contributed by atoms with Crippen LogP contribution in [0.2, 0.25) is 0 Å². The van der Waals surface area contributed by atoms with Gasteiger partial charge in [-0.05, 0) is 18.1 Å². The molecule has 0 aliphatic carbocycles. The Labute approximate surface area is 95.5 Å². The molecule has 1 aromatic carbocycles. The van der Waals surface area contributed by atoms with Gasteiger partial charge in [0.15, 0.2) is 0 Å². The van der Waals surface area contributed by atoms with Crippen molar-refractivity contribution in [3.05, 3.63) is 23.8 Å². The monoisotopic (exact) mass is 222 g/mol. The summed E-state index contributed by atoms with van der Waals surface area (Å²) in [5.41, 5.74) is 0.553. The van der Waals surface area contributed by atoms with Crippen LogP contribution in [0.15, 0.2) is 23.2 Å². The zero-order valence-corrected chi connectivity index (χ0v) is 9.60. The van der Waals surface area contributed by atoms with Gasteiger partial charge in [0.25, 0.3) is 0 Å². The first-order valence-electron chi connectivity index (χ1n) is 5.12. The third-order valence-electron chi connectivity index (χ3n) is 2.10. The molecule has 16 heavy (non-hydrogen) atoms. The van der Waals surface area contributed by atoms with Crippen molar-refractivity contribution in [2.75, 3.05) is 27.4 Å². The molecule has 0 heterocycles. The first kappa shape index (κ1) is 12.5. The lowest BCUT2D eigenvalue weighted by Gasteiger charge is -2.14. The number of methoxy groups -OCH3 is 2. The smallest absolute Gasteiger partial charge is 0.111 e. The van der Waals surface area contributed by atoms with Gasteiger partial charge in [-0.25, -0.2) is 0 Å². The minimum absolute atomic E-state index is 0.125. The van der Waals surface area contributed by atoms with Crippen LogP contribution in [0.25, 0.3) is 0 Å². The number of hydrogen-bond acceptors (Lipinski definition) is 4. The number of nitrogens with zero attached hydrogens (tertiary/aromatic N) is 1. The second-order valence-corrected chi connectivity index (χ2v) is 3.26. The molecule has 0 aliphatic rings. The molecule has 0 bridgehead atoms. The largest absolute Gasteiger partial charge is 0.870 e. The van der Waals surface area contributed by atoms with Gasteiger partial charge in [0, 0.05) is 26.5 Å². The molecule has 0 spiro atoms. The maximum atomic E-state index is 11.7. The van der Waals surface area contributed by atoms with E-state index < -0.39 is 0 Å². The summed E-state index contributed by atoms with van der Waals surface area (Å²) in [6, 6.07) is 5.14. The van der Waals surface area contributed by atoms with E-state index in [0.29, 0.717) is 24.5 Å². The summed E-state index contributed by atoms with van der Waals surface area (Å²) in [5.74, 6) is 0.223. The molecule has 0 fully saturated rings. The van der Waals surface area contributed by atoms with Crippen molar-refractivity contribution in [2.24, 2.45) is 4.99 Å². The predicted octanol–water partition coefficient (Wildman–Crippen LogP) is 1.22. The summed E-state index contributed by atoms with van der Waals surface area (Å²) in [6.45, 7) is 1.34. The number of aliphatic imine (C=N–C) groups is 1. The highest BCUT2D eigenvalue weighted by molar-refractivity contribution is 5.84. The van der Waals surface area contributed by atoms with Crippen LogP contribution in [0.1, 0.15) is 12.0 Å². The Kier molecular flexibility index (Phi) is 5.36. The lowest BCUT2D eigenvalue weighted by atomic mass is 10.2. The fraction of sp³-hybridized carbons (Fsp3) is 0.417. The molecule has 0 amide bonds. The molecule has 0 N–H and O–H groups in total. The molecule has 0 aromatic heterocycles. The van der Waals surface area contributed by atoms with Crippen molar-refractivity contribution in [3.8, 4) is 11.5 Å². The molecule has 4 nitrogen and oxygen atoms in total. The van der Waals surface area contributed by atoms with Gasteiger partial charge in [-0.2, -0.15) is 0 Å². The summed E-state index contributed by atoms with van der Waals surface area (Å²) >= 11 is 0. The van der Waals surface area contributed by atoms with E-state index in [1.807, 2.05) is 0 Å². The molecule has 0 radical (unpaired) electrons. The first-order chi connectivity index (χ1) is 7.79. The minimum atomic E-state index is -0.125. The maximum Gasteiger partial charge on any atom is 0.111 e. The van der Waals surface area contributed by atoms with E-state index in [9.17, 15) is 5.11 Å². The highest BCUT2D eigenvalue weighted by Crippen LogP contribution is 2.24. The van der Waals surface area contributed by atoms with Crippen molar-refractivity contribution in [2.45, 2.75) is 6.42 Å². The third-order valence-corrected chi connectivity index (χ3v) is 2.10. The molecule has 0 aliphatic heterocycles. The molecule has 1 aromatic rings. The van der Waals surface area contributed by atoms with Gasteiger partial charge in [-0.3, -0.25) is 4.99 Å². The van der Waals surface area contributed by atoms with Crippen LogP contribution >= 0.6 is 0 Å². The molecule has 0 saturated carbocycles. The second kappa shape index (κ2) is 6.85. The molecule has 4 heteroatoms. The summed E-state index contributed by atoms with van der Waals surface area (Å²) in [7, 11) is 3.14. The van der Waals surface area contributed by atoms with E-state index in [-0.39, 0.29) is 5.75 Å². The fourth-order valence-electron chi connectivity index (χ4n) is 1.26. The predicted molar refractivity (Wildman–Crippen MR) is 61.4 cm³/mol. The van der Waals surface area contributed by atoms with Crippen molar-refractivity contribution >= 4 is 6.21 Å². The summed E-state index contributed by atoms with van der Waals surface area (Å²) in [6.07, 6.45) is 2.44. The van der Waals surface area contributed by atoms with Gasteiger partial charge in [-0.15, -0.1) is 0 Å². The van der Waals surface area contributed by atoms with E-state index in [2.05, 4.69) is 4.99 Å². The van der Waals surface area contributed by atoms with Gasteiger partial charge < -0.3 is 14.6 Å². The van der Waals surface area contributed by atoms with Crippen LogP contribution in [0.5, 0.6) is 11.5 Å². The number of rotatable bonds is 6. The molecule has 0 unspecified atom stereocenters. The van der Waals surface area contributed by atoms with E-state index in [4.69, 9.17) is 9.47 Å². The Morgan fingerprint density at radius 3 is 2.88 bits per heavy atom. The van der Waals surface area contributed by atoms with E-state index >= 15 is 0 Å². The highest BCUT2D eigenvalue weighted by Gasteiger charge is 1.96. The molecule has 0 atom stereocenters. The highest BCUT2D eigenvalue weighted by atomic mass is 16.5. The Hall–Kier alpha value is -1.55. The van der Waals surface area contributed by atoms with E-state index in [1.54, 1.807) is 31.5 Å². The molecular formula is C12H16NO3-. The van der Waals surface area contributed by atoms with Crippen LogP contribution in [-0.2, 0) is 4.74 Å². The van der Waals surface area contributed by atoms with E-state index in [1.165, 1.54) is 7.11 Å². The molecular weight excluding hydrogens is 206 g/mol. The topological polar surface area (TPSA) is 53.9 Å².